The van der Waals surface area contributed by atoms with E-state index in [0.29, 0.717) is 41.2 Å². The Balaban J connectivity index is 1.71. The van der Waals surface area contributed by atoms with Crippen molar-refractivity contribution >= 4 is 35.1 Å². The van der Waals surface area contributed by atoms with Crippen molar-refractivity contribution in [1.82, 2.24) is 20.9 Å². The van der Waals surface area contributed by atoms with Gasteiger partial charge in [-0.3, -0.25) is 14.8 Å². The number of aromatic nitrogens is 1. The molecule has 0 fully saturated rings. The number of hydrogen-bond acceptors (Lipinski definition) is 3. The highest BCUT2D eigenvalue weighted by atomic mass is 35.5. The third-order valence-electron chi connectivity index (χ3n) is 3.27. The molecule has 6 nitrogen and oxygen atoms in total. The molecule has 1 amide bonds. The second-order valence-electron chi connectivity index (χ2n) is 5.06. The first-order valence-corrected chi connectivity index (χ1v) is 8.43. The van der Waals surface area contributed by atoms with Gasteiger partial charge in [0.2, 0.25) is 0 Å². The number of nitrogens with zero attached hydrogens (tertiary/aromatic N) is 2. The van der Waals surface area contributed by atoms with E-state index >= 15 is 0 Å². The zero-order valence-electron chi connectivity index (χ0n) is 13.7. The fourth-order valence-corrected chi connectivity index (χ4v) is 2.29. The van der Waals surface area contributed by atoms with Crippen LogP contribution in [0.15, 0.2) is 47.6 Å². The third-order valence-corrected chi connectivity index (χ3v) is 4.01. The number of aliphatic imine (C=N–C) groups is 1. The molecule has 0 aliphatic carbocycles. The van der Waals surface area contributed by atoms with Crippen LogP contribution in [0.4, 0.5) is 0 Å². The lowest BCUT2D eigenvalue weighted by atomic mass is 10.2. The SMILES string of the molecule is CN=C(NCCNC(=O)c1ccc(Cl)c(Cl)c1)NCc1ccccn1. The van der Waals surface area contributed by atoms with Gasteiger partial charge in [0.1, 0.15) is 0 Å². The van der Waals surface area contributed by atoms with Crippen molar-refractivity contribution in [2.45, 2.75) is 6.54 Å². The summed E-state index contributed by atoms with van der Waals surface area (Å²) in [6.45, 7) is 1.52. The Bertz CT molecular complexity index is 737. The molecular formula is C17H19Cl2N5O. The summed E-state index contributed by atoms with van der Waals surface area (Å²) in [5, 5.41) is 9.84. The van der Waals surface area contributed by atoms with Gasteiger partial charge in [0, 0.05) is 31.9 Å². The van der Waals surface area contributed by atoms with Gasteiger partial charge in [0.15, 0.2) is 5.96 Å². The molecule has 25 heavy (non-hydrogen) atoms. The molecule has 0 bridgehead atoms. The van der Waals surface area contributed by atoms with Crippen LogP contribution in [0.3, 0.4) is 0 Å². The predicted molar refractivity (Wildman–Crippen MR) is 101 cm³/mol. The van der Waals surface area contributed by atoms with Crippen molar-refractivity contribution in [1.29, 1.82) is 0 Å². The van der Waals surface area contributed by atoms with Gasteiger partial charge in [-0.15, -0.1) is 0 Å². The zero-order chi connectivity index (χ0) is 18.1. The first kappa shape index (κ1) is 19.0. The van der Waals surface area contributed by atoms with Crippen molar-refractivity contribution in [3.8, 4) is 0 Å². The number of amides is 1. The molecule has 0 radical (unpaired) electrons. The van der Waals surface area contributed by atoms with E-state index in [1.54, 1.807) is 31.4 Å². The molecule has 132 valence electrons. The molecule has 2 rings (SSSR count). The number of rotatable bonds is 6. The smallest absolute Gasteiger partial charge is 0.251 e. The average molecular weight is 380 g/mol. The number of carbonyl (C=O) groups is 1. The number of hydrogen-bond donors (Lipinski definition) is 3. The van der Waals surface area contributed by atoms with Crippen LogP contribution in [0.25, 0.3) is 0 Å². The van der Waals surface area contributed by atoms with Crippen molar-refractivity contribution in [3.63, 3.8) is 0 Å². The third kappa shape index (κ3) is 6.25. The highest BCUT2D eigenvalue weighted by Crippen LogP contribution is 2.22. The Hall–Kier alpha value is -2.31. The van der Waals surface area contributed by atoms with E-state index in [9.17, 15) is 4.79 Å². The van der Waals surface area contributed by atoms with E-state index < -0.39 is 0 Å². The van der Waals surface area contributed by atoms with Crippen LogP contribution in [0.1, 0.15) is 16.1 Å². The summed E-state index contributed by atoms with van der Waals surface area (Å²) in [7, 11) is 1.68. The standard InChI is InChI=1S/C17H19Cl2N5O/c1-20-17(24-11-13-4-2-3-7-21-13)23-9-8-22-16(25)12-5-6-14(18)15(19)10-12/h2-7,10H,8-9,11H2,1H3,(H,22,25)(H2,20,23,24). The number of pyridine rings is 1. The fraction of sp³-hybridized carbons (Fsp3) is 0.235. The highest BCUT2D eigenvalue weighted by Gasteiger charge is 2.07. The normalized spacial score (nSPS) is 11.1. The number of halogens is 2. The summed E-state index contributed by atoms with van der Waals surface area (Å²) in [4.78, 5) is 20.4. The fourth-order valence-electron chi connectivity index (χ4n) is 1.99. The van der Waals surface area contributed by atoms with E-state index in [1.807, 2.05) is 18.2 Å². The molecule has 1 aromatic heterocycles. The molecule has 1 heterocycles. The highest BCUT2D eigenvalue weighted by molar-refractivity contribution is 6.42. The zero-order valence-corrected chi connectivity index (χ0v) is 15.2. The summed E-state index contributed by atoms with van der Waals surface area (Å²) >= 11 is 11.8. The first-order chi connectivity index (χ1) is 12.1. The van der Waals surface area contributed by atoms with Gasteiger partial charge in [-0.25, -0.2) is 0 Å². The second kappa shape index (κ2) is 9.86. The Labute approximate surface area is 156 Å². The van der Waals surface area contributed by atoms with E-state index in [4.69, 9.17) is 23.2 Å². The van der Waals surface area contributed by atoms with Crippen molar-refractivity contribution in [3.05, 3.63) is 63.9 Å². The Morgan fingerprint density at radius 3 is 2.56 bits per heavy atom. The monoisotopic (exact) mass is 379 g/mol. The molecular weight excluding hydrogens is 361 g/mol. The second-order valence-corrected chi connectivity index (χ2v) is 5.87. The van der Waals surface area contributed by atoms with Crippen LogP contribution >= 0.6 is 23.2 Å². The topological polar surface area (TPSA) is 78.4 Å². The minimum Gasteiger partial charge on any atom is -0.355 e. The van der Waals surface area contributed by atoms with Gasteiger partial charge in [-0.1, -0.05) is 29.3 Å². The maximum atomic E-state index is 12.0. The molecule has 1 aromatic carbocycles. The molecule has 0 unspecified atom stereocenters. The van der Waals surface area contributed by atoms with Crippen molar-refractivity contribution in [2.75, 3.05) is 20.1 Å². The summed E-state index contributed by atoms with van der Waals surface area (Å²) < 4.78 is 0. The predicted octanol–water partition coefficient (Wildman–Crippen LogP) is 2.48. The van der Waals surface area contributed by atoms with E-state index in [0.717, 1.165) is 5.69 Å². The van der Waals surface area contributed by atoms with E-state index in [2.05, 4.69) is 25.9 Å². The van der Waals surface area contributed by atoms with Gasteiger partial charge < -0.3 is 16.0 Å². The maximum Gasteiger partial charge on any atom is 0.251 e. The van der Waals surface area contributed by atoms with E-state index in [1.165, 1.54) is 0 Å². The largest absolute Gasteiger partial charge is 0.355 e. The van der Waals surface area contributed by atoms with Gasteiger partial charge in [0.25, 0.3) is 5.91 Å². The molecule has 0 saturated heterocycles. The molecule has 2 aromatic rings. The Morgan fingerprint density at radius 2 is 1.88 bits per heavy atom. The van der Waals surface area contributed by atoms with Crippen molar-refractivity contribution in [2.24, 2.45) is 4.99 Å². The van der Waals surface area contributed by atoms with Gasteiger partial charge in [-0.2, -0.15) is 0 Å². The molecule has 0 atom stereocenters. The molecule has 0 aliphatic heterocycles. The van der Waals surface area contributed by atoms with Crippen LogP contribution in [-0.2, 0) is 6.54 Å². The molecule has 3 N–H and O–H groups in total. The number of benzene rings is 1. The van der Waals surface area contributed by atoms with Crippen molar-refractivity contribution < 1.29 is 4.79 Å². The first-order valence-electron chi connectivity index (χ1n) is 7.68. The molecule has 8 heteroatoms. The molecule has 0 aliphatic rings. The van der Waals surface area contributed by atoms with Crippen LogP contribution in [0.5, 0.6) is 0 Å². The lowest BCUT2D eigenvalue weighted by Crippen LogP contribution is -2.41. The lowest BCUT2D eigenvalue weighted by molar-refractivity contribution is 0.0954. The maximum absolute atomic E-state index is 12.0. The summed E-state index contributed by atoms with van der Waals surface area (Å²) in [6, 6.07) is 10.5. The van der Waals surface area contributed by atoms with Gasteiger partial charge in [-0.05, 0) is 30.3 Å². The van der Waals surface area contributed by atoms with Crippen LogP contribution < -0.4 is 16.0 Å². The Kier molecular flexibility index (Phi) is 7.50. The number of nitrogens with one attached hydrogen (secondary N) is 3. The summed E-state index contributed by atoms with van der Waals surface area (Å²) in [5.41, 5.74) is 1.38. The van der Waals surface area contributed by atoms with Crippen LogP contribution in [0, 0.1) is 0 Å². The average Bonchev–Trinajstić information content (AvgIpc) is 2.64. The van der Waals surface area contributed by atoms with Gasteiger partial charge >= 0.3 is 0 Å². The molecule has 0 spiro atoms. The lowest BCUT2D eigenvalue weighted by Gasteiger charge is -2.12. The van der Waals surface area contributed by atoms with Gasteiger partial charge in [0.05, 0.1) is 22.3 Å². The van der Waals surface area contributed by atoms with Crippen LogP contribution in [0.2, 0.25) is 10.0 Å². The number of carbonyl (C=O) groups excluding carboxylic acids is 1. The summed E-state index contributed by atoms with van der Waals surface area (Å²) in [6.07, 6.45) is 1.74. The summed E-state index contributed by atoms with van der Waals surface area (Å²) in [5.74, 6) is 0.422. The minimum atomic E-state index is -0.211. The number of guanidine groups is 1. The Morgan fingerprint density at radius 1 is 1.08 bits per heavy atom. The quantitative estimate of drug-likeness (QED) is 0.409. The van der Waals surface area contributed by atoms with E-state index in [-0.39, 0.29) is 5.91 Å². The molecule has 0 saturated carbocycles. The van der Waals surface area contributed by atoms with Crippen LogP contribution in [-0.4, -0.2) is 37.0 Å². The minimum absolute atomic E-state index is 0.211.